The summed E-state index contributed by atoms with van der Waals surface area (Å²) in [7, 11) is 0. The van der Waals surface area contributed by atoms with Crippen molar-refractivity contribution in [3.63, 3.8) is 0 Å². The second kappa shape index (κ2) is 6.07. The molecule has 3 rings (SSSR count). The van der Waals surface area contributed by atoms with Crippen molar-refractivity contribution in [2.24, 2.45) is 0 Å². The number of carbonyl (C=O) groups is 1. The third-order valence-corrected chi connectivity index (χ3v) is 4.05. The Hall–Kier alpha value is -2.54. The van der Waals surface area contributed by atoms with Crippen LogP contribution in [-0.2, 0) is 11.3 Å². The molecule has 6 nitrogen and oxygen atoms in total. The summed E-state index contributed by atoms with van der Waals surface area (Å²) in [5.41, 5.74) is 1.39. The minimum Gasteiger partial charge on any atom is -0.302 e. The molecule has 2 aromatic heterocycles. The van der Waals surface area contributed by atoms with Crippen LogP contribution >= 0.6 is 11.3 Å². The number of hydrogen-bond donors (Lipinski definition) is 1. The van der Waals surface area contributed by atoms with Gasteiger partial charge in [0.25, 0.3) is 5.56 Å². The molecule has 0 fully saturated rings. The maximum atomic E-state index is 12.3. The molecule has 0 aliphatic rings. The Bertz CT molecular complexity index is 884. The molecule has 0 bridgehead atoms. The van der Waals surface area contributed by atoms with E-state index in [9.17, 15) is 9.59 Å². The number of benzene rings is 1. The van der Waals surface area contributed by atoms with Crippen LogP contribution in [0.25, 0.3) is 10.9 Å². The zero-order valence-electron chi connectivity index (χ0n) is 11.9. The third-order valence-electron chi connectivity index (χ3n) is 3.18. The van der Waals surface area contributed by atoms with E-state index in [4.69, 9.17) is 0 Å². The lowest BCUT2D eigenvalue weighted by atomic mass is 10.2. The predicted octanol–water partition coefficient (Wildman–Crippen LogP) is 2.19. The fourth-order valence-corrected chi connectivity index (χ4v) is 2.78. The van der Waals surface area contributed by atoms with Crippen molar-refractivity contribution in [3.8, 4) is 0 Å². The summed E-state index contributed by atoms with van der Waals surface area (Å²) in [6.45, 7) is 2.15. The van der Waals surface area contributed by atoms with Crippen LogP contribution in [-0.4, -0.2) is 20.4 Å². The molecule has 1 N–H and O–H groups in total. The number of hydrogen-bond acceptors (Lipinski definition) is 5. The lowest BCUT2D eigenvalue weighted by Crippen LogP contribution is -2.23. The van der Waals surface area contributed by atoms with Crippen molar-refractivity contribution in [3.05, 3.63) is 52.0 Å². The number of amides is 1. The molecule has 1 amide bonds. The van der Waals surface area contributed by atoms with Crippen LogP contribution in [0.1, 0.15) is 12.1 Å². The number of anilines is 1. The average molecular weight is 314 g/mol. The van der Waals surface area contributed by atoms with Gasteiger partial charge in [0.1, 0.15) is 0 Å². The number of aromatic nitrogens is 3. The number of nitrogens with one attached hydrogen (secondary N) is 1. The number of rotatable bonds is 4. The summed E-state index contributed by atoms with van der Waals surface area (Å²) in [5, 5.41) is 5.72. The fraction of sp³-hybridized carbons (Fsp3) is 0.200. The van der Waals surface area contributed by atoms with Crippen LogP contribution in [0.3, 0.4) is 0 Å². The van der Waals surface area contributed by atoms with Gasteiger partial charge >= 0.3 is 0 Å². The Balaban J connectivity index is 1.70. The normalized spacial score (nSPS) is 10.8. The van der Waals surface area contributed by atoms with Crippen molar-refractivity contribution in [1.29, 1.82) is 0 Å². The molecule has 0 aliphatic carbocycles. The smallest absolute Gasteiger partial charge is 0.261 e. The maximum absolute atomic E-state index is 12.3. The van der Waals surface area contributed by atoms with E-state index < -0.39 is 0 Å². The van der Waals surface area contributed by atoms with Gasteiger partial charge < -0.3 is 5.32 Å². The van der Waals surface area contributed by atoms with Crippen LogP contribution in [0.2, 0.25) is 0 Å². The topological polar surface area (TPSA) is 76.9 Å². The van der Waals surface area contributed by atoms with Crippen LogP contribution in [0.15, 0.2) is 40.8 Å². The molecule has 0 saturated carbocycles. The number of carbonyl (C=O) groups excluding carboxylic acids is 1. The van der Waals surface area contributed by atoms with Gasteiger partial charge in [-0.25, -0.2) is 9.97 Å². The van der Waals surface area contributed by atoms with Gasteiger partial charge in [-0.15, -0.1) is 11.3 Å². The number of para-hydroxylation sites is 1. The van der Waals surface area contributed by atoms with E-state index in [0.29, 0.717) is 16.0 Å². The van der Waals surface area contributed by atoms with Gasteiger partial charge in [0.15, 0.2) is 5.13 Å². The molecule has 3 aromatic rings. The molecular weight excluding hydrogens is 300 g/mol. The number of thiazole rings is 1. The number of nitrogens with zero attached hydrogens (tertiary/aromatic N) is 3. The standard InChI is InChI=1S/C15H14N4O2S/c1-10-8-22-15(17-10)18-13(20)6-7-19-9-16-12-5-3-2-4-11(12)14(19)21/h2-5,8-9H,6-7H2,1H3,(H,17,18,20). The van der Waals surface area contributed by atoms with E-state index in [0.717, 1.165) is 5.69 Å². The SMILES string of the molecule is Cc1csc(NC(=O)CCn2cnc3ccccc3c2=O)n1. The molecule has 112 valence electrons. The lowest BCUT2D eigenvalue weighted by Gasteiger charge is -2.06. The van der Waals surface area contributed by atoms with Gasteiger partial charge in [0, 0.05) is 18.3 Å². The van der Waals surface area contributed by atoms with E-state index in [2.05, 4.69) is 15.3 Å². The summed E-state index contributed by atoms with van der Waals surface area (Å²) in [5.74, 6) is -0.172. The minimum atomic E-state index is -0.172. The Morgan fingerprint density at radius 2 is 2.18 bits per heavy atom. The minimum absolute atomic E-state index is 0.136. The summed E-state index contributed by atoms with van der Waals surface area (Å²) in [6.07, 6.45) is 1.67. The van der Waals surface area contributed by atoms with E-state index in [1.165, 1.54) is 22.2 Å². The first-order valence-corrected chi connectivity index (χ1v) is 7.67. The Kier molecular flexibility index (Phi) is 3.97. The average Bonchev–Trinajstić information content (AvgIpc) is 2.92. The summed E-state index contributed by atoms with van der Waals surface area (Å²) in [6, 6.07) is 7.16. The van der Waals surface area contributed by atoms with Crippen LogP contribution in [0.4, 0.5) is 5.13 Å². The second-order valence-corrected chi connectivity index (χ2v) is 5.71. The predicted molar refractivity (Wildman–Crippen MR) is 86.1 cm³/mol. The van der Waals surface area contributed by atoms with E-state index >= 15 is 0 Å². The van der Waals surface area contributed by atoms with Gasteiger partial charge in [-0.2, -0.15) is 0 Å². The number of aryl methyl sites for hydroxylation is 2. The zero-order valence-corrected chi connectivity index (χ0v) is 12.8. The summed E-state index contributed by atoms with van der Waals surface area (Å²) in [4.78, 5) is 32.6. The molecule has 0 spiro atoms. The van der Waals surface area contributed by atoms with Crippen molar-refractivity contribution in [1.82, 2.24) is 14.5 Å². The molecule has 2 heterocycles. The zero-order chi connectivity index (χ0) is 15.5. The second-order valence-electron chi connectivity index (χ2n) is 4.85. The van der Waals surface area contributed by atoms with E-state index in [1.54, 1.807) is 18.2 Å². The first-order valence-electron chi connectivity index (χ1n) is 6.79. The van der Waals surface area contributed by atoms with Gasteiger partial charge in [-0.1, -0.05) is 12.1 Å². The highest BCUT2D eigenvalue weighted by Gasteiger charge is 2.08. The Labute approximate surface area is 130 Å². The van der Waals surface area contributed by atoms with Gasteiger partial charge in [-0.05, 0) is 19.1 Å². The van der Waals surface area contributed by atoms with Gasteiger partial charge in [0.05, 0.1) is 22.9 Å². The van der Waals surface area contributed by atoms with Crippen LogP contribution in [0.5, 0.6) is 0 Å². The molecule has 22 heavy (non-hydrogen) atoms. The molecule has 0 unspecified atom stereocenters. The highest BCUT2D eigenvalue weighted by molar-refractivity contribution is 7.13. The molecule has 0 radical (unpaired) electrons. The van der Waals surface area contributed by atoms with Crippen molar-refractivity contribution in [2.45, 2.75) is 19.9 Å². The Morgan fingerprint density at radius 3 is 2.95 bits per heavy atom. The van der Waals surface area contributed by atoms with Crippen LogP contribution < -0.4 is 10.9 Å². The van der Waals surface area contributed by atoms with E-state index in [-0.39, 0.29) is 24.4 Å². The third kappa shape index (κ3) is 3.04. The first-order chi connectivity index (χ1) is 10.6. The molecule has 1 aromatic carbocycles. The van der Waals surface area contributed by atoms with Crippen LogP contribution in [0, 0.1) is 6.92 Å². The molecular formula is C15H14N4O2S. The molecule has 0 saturated heterocycles. The highest BCUT2D eigenvalue weighted by atomic mass is 32.1. The van der Waals surface area contributed by atoms with E-state index in [1.807, 2.05) is 18.4 Å². The monoisotopic (exact) mass is 314 g/mol. The summed E-state index contributed by atoms with van der Waals surface area (Å²) < 4.78 is 1.45. The largest absolute Gasteiger partial charge is 0.302 e. The van der Waals surface area contributed by atoms with Crippen molar-refractivity contribution in [2.75, 3.05) is 5.32 Å². The lowest BCUT2D eigenvalue weighted by molar-refractivity contribution is -0.116. The quantitative estimate of drug-likeness (QED) is 0.801. The van der Waals surface area contributed by atoms with Gasteiger partial charge in [-0.3, -0.25) is 14.2 Å². The molecule has 7 heteroatoms. The Morgan fingerprint density at radius 1 is 1.36 bits per heavy atom. The maximum Gasteiger partial charge on any atom is 0.261 e. The highest BCUT2D eigenvalue weighted by Crippen LogP contribution is 2.14. The van der Waals surface area contributed by atoms with Crippen molar-refractivity contribution < 1.29 is 4.79 Å². The molecule has 0 aliphatic heterocycles. The van der Waals surface area contributed by atoms with Gasteiger partial charge in [0.2, 0.25) is 5.91 Å². The summed E-state index contributed by atoms with van der Waals surface area (Å²) >= 11 is 1.38. The first kappa shape index (κ1) is 14.4. The fourth-order valence-electron chi connectivity index (χ4n) is 2.08. The molecule has 0 atom stereocenters. The van der Waals surface area contributed by atoms with Crippen molar-refractivity contribution >= 4 is 33.3 Å². The number of fused-ring (bicyclic) bond motifs is 1.